The van der Waals surface area contributed by atoms with Crippen molar-refractivity contribution in [1.29, 1.82) is 0 Å². The molecule has 0 bridgehead atoms. The molecule has 0 unspecified atom stereocenters. The minimum Gasteiger partial charge on any atom is -0.496 e. The van der Waals surface area contributed by atoms with Gasteiger partial charge >= 0.3 is 0 Å². The maximum atomic E-state index is 5.32. The highest BCUT2D eigenvalue weighted by Crippen LogP contribution is 2.27. The van der Waals surface area contributed by atoms with E-state index >= 15 is 0 Å². The van der Waals surface area contributed by atoms with E-state index in [0.29, 0.717) is 0 Å². The number of rotatable bonds is 2. The van der Waals surface area contributed by atoms with Crippen LogP contribution >= 0.6 is 0 Å². The average Bonchev–Trinajstić information content (AvgIpc) is 2.27. The predicted molar refractivity (Wildman–Crippen MR) is 60.6 cm³/mol. The molecule has 0 aliphatic carbocycles. The Hall–Kier alpha value is -1.76. The fourth-order valence-electron chi connectivity index (χ4n) is 1.58. The highest BCUT2D eigenvalue weighted by molar-refractivity contribution is 5.90. The molecule has 0 atom stereocenters. The summed E-state index contributed by atoms with van der Waals surface area (Å²) in [4.78, 5) is 0. The van der Waals surface area contributed by atoms with Gasteiger partial charge in [0.25, 0.3) is 0 Å². The largest absolute Gasteiger partial charge is 0.496 e. The number of methoxy groups -OCH3 is 1. The maximum Gasteiger partial charge on any atom is 0.127 e. The molecule has 0 N–H and O–H groups in total. The van der Waals surface area contributed by atoms with Gasteiger partial charge in [-0.05, 0) is 23.1 Å². The molecule has 2 aromatic rings. The third kappa shape index (κ3) is 1.37. The van der Waals surface area contributed by atoms with E-state index in [1.165, 1.54) is 5.39 Å². The van der Waals surface area contributed by atoms with Gasteiger partial charge in [-0.25, -0.2) is 0 Å². The van der Waals surface area contributed by atoms with E-state index in [4.69, 9.17) is 4.74 Å². The van der Waals surface area contributed by atoms with Crippen LogP contribution in [-0.2, 0) is 0 Å². The fraction of sp³-hybridized carbons (Fsp3) is 0.0769. The molecule has 0 radical (unpaired) electrons. The molecule has 0 heterocycles. The fourth-order valence-corrected chi connectivity index (χ4v) is 1.58. The molecule has 2 aromatic carbocycles. The van der Waals surface area contributed by atoms with Gasteiger partial charge in [-0.15, -0.1) is 0 Å². The number of fused-ring (bicyclic) bond motifs is 1. The van der Waals surface area contributed by atoms with Crippen molar-refractivity contribution < 1.29 is 4.74 Å². The van der Waals surface area contributed by atoms with E-state index in [9.17, 15) is 0 Å². The number of hydrogen-bond donors (Lipinski definition) is 0. The molecule has 0 aliphatic heterocycles. The molecule has 0 spiro atoms. The third-order valence-corrected chi connectivity index (χ3v) is 2.30. The topological polar surface area (TPSA) is 9.23 Å². The highest BCUT2D eigenvalue weighted by atomic mass is 16.5. The molecule has 1 heteroatoms. The van der Waals surface area contributed by atoms with Gasteiger partial charge in [0.2, 0.25) is 0 Å². The Kier molecular flexibility index (Phi) is 2.23. The normalized spacial score (nSPS) is 10.1. The summed E-state index contributed by atoms with van der Waals surface area (Å²) in [5.74, 6) is 0.901. The number of hydrogen-bond acceptors (Lipinski definition) is 1. The zero-order valence-corrected chi connectivity index (χ0v) is 8.16. The van der Waals surface area contributed by atoms with E-state index in [2.05, 4.69) is 24.8 Å². The van der Waals surface area contributed by atoms with Gasteiger partial charge in [-0.3, -0.25) is 0 Å². The first-order chi connectivity index (χ1) is 6.85. The van der Waals surface area contributed by atoms with Crippen molar-refractivity contribution in [2.24, 2.45) is 0 Å². The summed E-state index contributed by atoms with van der Waals surface area (Å²) < 4.78 is 5.32. The van der Waals surface area contributed by atoms with Crippen LogP contribution in [0.2, 0.25) is 0 Å². The van der Waals surface area contributed by atoms with Crippen LogP contribution in [-0.4, -0.2) is 7.11 Å². The van der Waals surface area contributed by atoms with Crippen LogP contribution in [0.3, 0.4) is 0 Å². The lowest BCUT2D eigenvalue weighted by atomic mass is 10.1. The molecule has 0 aromatic heterocycles. The minimum absolute atomic E-state index is 0.901. The lowest BCUT2D eigenvalue weighted by Crippen LogP contribution is -1.86. The minimum atomic E-state index is 0.901. The van der Waals surface area contributed by atoms with Crippen molar-refractivity contribution in [3.8, 4) is 5.75 Å². The zero-order valence-electron chi connectivity index (χ0n) is 8.16. The molecular weight excluding hydrogens is 172 g/mol. The second-order valence-electron chi connectivity index (χ2n) is 3.15. The predicted octanol–water partition coefficient (Wildman–Crippen LogP) is 3.49. The van der Waals surface area contributed by atoms with Gasteiger partial charge in [-0.1, -0.05) is 36.9 Å². The Bertz CT molecular complexity index is 472. The SMILES string of the molecule is C=Cc1cc(OC)c2ccccc2c1. The highest BCUT2D eigenvalue weighted by Gasteiger charge is 2.01. The van der Waals surface area contributed by atoms with Gasteiger partial charge in [0, 0.05) is 5.39 Å². The lowest BCUT2D eigenvalue weighted by molar-refractivity contribution is 0.419. The molecule has 0 amide bonds. The Morgan fingerprint density at radius 1 is 1.21 bits per heavy atom. The smallest absolute Gasteiger partial charge is 0.127 e. The first kappa shape index (κ1) is 8.82. The molecule has 1 nitrogen and oxygen atoms in total. The first-order valence-electron chi connectivity index (χ1n) is 4.54. The van der Waals surface area contributed by atoms with Gasteiger partial charge in [0.1, 0.15) is 5.75 Å². The summed E-state index contributed by atoms with van der Waals surface area (Å²) in [5.41, 5.74) is 1.08. The van der Waals surface area contributed by atoms with E-state index < -0.39 is 0 Å². The molecule has 0 fully saturated rings. The number of ether oxygens (including phenoxy) is 1. The van der Waals surface area contributed by atoms with Crippen molar-refractivity contribution in [1.82, 2.24) is 0 Å². The summed E-state index contributed by atoms with van der Waals surface area (Å²) in [7, 11) is 1.69. The monoisotopic (exact) mass is 184 g/mol. The Balaban J connectivity index is 2.79. The van der Waals surface area contributed by atoms with Crippen LogP contribution in [0.25, 0.3) is 16.8 Å². The summed E-state index contributed by atoms with van der Waals surface area (Å²) in [5, 5.41) is 2.32. The average molecular weight is 184 g/mol. The summed E-state index contributed by atoms with van der Waals surface area (Å²) in [6, 6.07) is 12.3. The van der Waals surface area contributed by atoms with E-state index in [-0.39, 0.29) is 0 Å². The van der Waals surface area contributed by atoms with Crippen molar-refractivity contribution in [2.75, 3.05) is 7.11 Å². The van der Waals surface area contributed by atoms with E-state index in [1.54, 1.807) is 7.11 Å². The van der Waals surface area contributed by atoms with Crippen molar-refractivity contribution in [3.63, 3.8) is 0 Å². The van der Waals surface area contributed by atoms with Crippen molar-refractivity contribution in [3.05, 3.63) is 48.5 Å². The molecule has 14 heavy (non-hydrogen) atoms. The van der Waals surface area contributed by atoms with Crippen LogP contribution in [0.4, 0.5) is 0 Å². The molecule has 0 saturated carbocycles. The molecule has 0 saturated heterocycles. The van der Waals surface area contributed by atoms with Gasteiger partial charge < -0.3 is 4.74 Å². The van der Waals surface area contributed by atoms with Crippen LogP contribution in [0.1, 0.15) is 5.56 Å². The number of benzene rings is 2. The van der Waals surface area contributed by atoms with Gasteiger partial charge in [0.05, 0.1) is 7.11 Å². The first-order valence-corrected chi connectivity index (χ1v) is 4.54. The van der Waals surface area contributed by atoms with Crippen LogP contribution in [0.5, 0.6) is 5.75 Å². The standard InChI is InChI=1S/C13H12O/c1-3-10-8-11-6-4-5-7-12(11)13(9-10)14-2/h3-9H,1H2,2H3. The summed E-state index contributed by atoms with van der Waals surface area (Å²) in [6.45, 7) is 3.76. The van der Waals surface area contributed by atoms with E-state index in [1.807, 2.05) is 24.3 Å². The molecule has 70 valence electrons. The Morgan fingerprint density at radius 3 is 2.71 bits per heavy atom. The van der Waals surface area contributed by atoms with Gasteiger partial charge in [0.15, 0.2) is 0 Å². The van der Waals surface area contributed by atoms with Crippen molar-refractivity contribution in [2.45, 2.75) is 0 Å². The molecule has 2 rings (SSSR count). The Labute approximate surface area is 83.6 Å². The Morgan fingerprint density at radius 2 is 2.00 bits per heavy atom. The van der Waals surface area contributed by atoms with Crippen LogP contribution in [0.15, 0.2) is 43.0 Å². The van der Waals surface area contributed by atoms with Crippen LogP contribution < -0.4 is 4.74 Å². The quantitative estimate of drug-likeness (QED) is 0.694. The van der Waals surface area contributed by atoms with Gasteiger partial charge in [-0.2, -0.15) is 0 Å². The van der Waals surface area contributed by atoms with E-state index in [0.717, 1.165) is 16.7 Å². The second kappa shape index (κ2) is 3.54. The third-order valence-electron chi connectivity index (χ3n) is 2.30. The van der Waals surface area contributed by atoms with Crippen LogP contribution in [0, 0.1) is 0 Å². The summed E-state index contributed by atoms with van der Waals surface area (Å²) >= 11 is 0. The summed E-state index contributed by atoms with van der Waals surface area (Å²) in [6.07, 6.45) is 1.83. The second-order valence-corrected chi connectivity index (χ2v) is 3.15. The zero-order chi connectivity index (χ0) is 9.97. The lowest BCUT2D eigenvalue weighted by Gasteiger charge is -2.06. The molecular formula is C13H12O. The molecule has 0 aliphatic rings. The maximum absolute atomic E-state index is 5.32. The van der Waals surface area contributed by atoms with Crippen molar-refractivity contribution >= 4 is 16.8 Å².